The van der Waals surface area contributed by atoms with Crippen molar-refractivity contribution in [2.75, 3.05) is 5.73 Å². The summed E-state index contributed by atoms with van der Waals surface area (Å²) in [5.74, 6) is -0.0488. The molecule has 3 N–H and O–H groups in total. The minimum Gasteiger partial charge on any atom is -0.384 e. The van der Waals surface area contributed by atoms with Gasteiger partial charge < -0.3 is 15.3 Å². The molecule has 0 saturated heterocycles. The largest absolute Gasteiger partial charge is 0.384 e. The van der Waals surface area contributed by atoms with Crippen molar-refractivity contribution < 1.29 is 0 Å². The number of rotatable bonds is 3. The Balaban J connectivity index is 1.93. The van der Waals surface area contributed by atoms with Crippen molar-refractivity contribution in [3.63, 3.8) is 0 Å². The fourth-order valence-electron chi connectivity index (χ4n) is 3.30. The van der Waals surface area contributed by atoms with Crippen LogP contribution in [0.2, 0.25) is 0 Å². The third-order valence-electron chi connectivity index (χ3n) is 4.61. The number of hydrogen-bond donors (Lipinski definition) is 2. The molecule has 28 heavy (non-hydrogen) atoms. The molecule has 0 aliphatic heterocycles. The van der Waals surface area contributed by atoms with Crippen molar-refractivity contribution in [3.8, 4) is 23.3 Å². The number of hydrogen-bond acceptors (Lipinski definition) is 5. The van der Waals surface area contributed by atoms with Crippen LogP contribution < -0.4 is 11.3 Å². The topological polar surface area (TPSA) is 124 Å². The van der Waals surface area contributed by atoms with Crippen molar-refractivity contribution >= 4 is 16.7 Å². The van der Waals surface area contributed by atoms with E-state index in [1.165, 1.54) is 0 Å². The summed E-state index contributed by atoms with van der Waals surface area (Å²) >= 11 is 0. The van der Waals surface area contributed by atoms with Crippen LogP contribution in [-0.4, -0.2) is 14.5 Å². The molecule has 7 nitrogen and oxygen atoms in total. The summed E-state index contributed by atoms with van der Waals surface area (Å²) in [5, 5.41) is 20.0. The van der Waals surface area contributed by atoms with Gasteiger partial charge in [-0.2, -0.15) is 10.5 Å². The average Bonchev–Trinajstić information content (AvgIpc) is 3.10. The monoisotopic (exact) mass is 366 g/mol. The maximum Gasteiger partial charge on any atom is 0.268 e. The maximum absolute atomic E-state index is 12.2. The minimum absolute atomic E-state index is 0.0488. The molecule has 4 aromatic rings. The minimum atomic E-state index is -0.611. The van der Waals surface area contributed by atoms with E-state index in [-0.39, 0.29) is 22.5 Å². The van der Waals surface area contributed by atoms with Crippen molar-refractivity contribution in [3.05, 3.63) is 82.0 Å². The highest BCUT2D eigenvalue weighted by molar-refractivity contribution is 5.89. The van der Waals surface area contributed by atoms with Gasteiger partial charge in [-0.3, -0.25) is 9.78 Å². The molecule has 0 spiro atoms. The quantitative estimate of drug-likeness (QED) is 0.577. The molecule has 4 rings (SSSR count). The lowest BCUT2D eigenvalue weighted by atomic mass is 9.96. The van der Waals surface area contributed by atoms with E-state index in [1.54, 1.807) is 18.5 Å². The van der Waals surface area contributed by atoms with Crippen LogP contribution in [0.25, 0.3) is 22.0 Å². The van der Waals surface area contributed by atoms with Crippen molar-refractivity contribution in [1.29, 1.82) is 10.5 Å². The number of H-pyrrole nitrogens is 1. The van der Waals surface area contributed by atoms with Crippen LogP contribution in [0.4, 0.5) is 5.82 Å². The van der Waals surface area contributed by atoms with Crippen molar-refractivity contribution in [2.24, 2.45) is 0 Å². The molecule has 0 bridgehead atoms. The van der Waals surface area contributed by atoms with Crippen LogP contribution in [0, 0.1) is 22.7 Å². The van der Waals surface area contributed by atoms with Crippen LogP contribution in [0.1, 0.15) is 16.7 Å². The Labute approximate surface area is 159 Å². The van der Waals surface area contributed by atoms with Gasteiger partial charge in [0.15, 0.2) is 0 Å². The van der Waals surface area contributed by atoms with Crippen LogP contribution in [-0.2, 0) is 6.54 Å². The molecule has 3 heterocycles. The summed E-state index contributed by atoms with van der Waals surface area (Å²) < 4.78 is 2.05. The fraction of sp³-hybridized carbons (Fsp3) is 0.0476. The van der Waals surface area contributed by atoms with Gasteiger partial charge in [-0.05, 0) is 34.7 Å². The summed E-state index contributed by atoms with van der Waals surface area (Å²) in [7, 11) is 0. The highest BCUT2D eigenvalue weighted by atomic mass is 16.1. The number of aromatic nitrogens is 3. The number of pyridine rings is 2. The predicted octanol–water partition coefficient (Wildman–Crippen LogP) is 2.77. The molecule has 0 radical (unpaired) electrons. The van der Waals surface area contributed by atoms with E-state index in [0.717, 1.165) is 16.5 Å². The van der Waals surface area contributed by atoms with E-state index < -0.39 is 5.56 Å². The molecule has 0 fully saturated rings. The number of nitrogens with one attached hydrogen (secondary N) is 1. The molecule has 0 atom stereocenters. The van der Waals surface area contributed by atoms with E-state index in [4.69, 9.17) is 5.73 Å². The molecular formula is C21H14N6O. The lowest BCUT2D eigenvalue weighted by Gasteiger charge is -2.10. The Morgan fingerprint density at radius 3 is 2.68 bits per heavy atom. The molecule has 1 aromatic carbocycles. The summed E-state index contributed by atoms with van der Waals surface area (Å²) in [6.45, 7) is 0.620. The van der Waals surface area contributed by atoms with Gasteiger partial charge in [-0.15, -0.1) is 0 Å². The third-order valence-corrected chi connectivity index (χ3v) is 4.61. The van der Waals surface area contributed by atoms with E-state index in [2.05, 4.69) is 9.97 Å². The molecule has 0 saturated carbocycles. The molecule has 3 aromatic heterocycles. The zero-order valence-electron chi connectivity index (χ0n) is 14.7. The van der Waals surface area contributed by atoms with Crippen molar-refractivity contribution in [1.82, 2.24) is 14.5 Å². The van der Waals surface area contributed by atoms with Gasteiger partial charge in [0.1, 0.15) is 29.1 Å². The van der Waals surface area contributed by atoms with Gasteiger partial charge >= 0.3 is 0 Å². The van der Waals surface area contributed by atoms with Crippen LogP contribution in [0.5, 0.6) is 0 Å². The van der Waals surface area contributed by atoms with Gasteiger partial charge in [-0.1, -0.05) is 18.2 Å². The number of fused-ring (bicyclic) bond motifs is 1. The van der Waals surface area contributed by atoms with Gasteiger partial charge in [0.05, 0.1) is 0 Å². The normalized spacial score (nSPS) is 10.5. The highest BCUT2D eigenvalue weighted by Gasteiger charge is 2.18. The summed E-state index contributed by atoms with van der Waals surface area (Å²) in [6, 6.07) is 15.3. The first-order chi connectivity index (χ1) is 13.6. The summed E-state index contributed by atoms with van der Waals surface area (Å²) in [4.78, 5) is 18.7. The SMILES string of the molecule is N#Cc1c(N)[nH]c(=O)c(C#N)c1-c1ccc2ccn(Cc3cccnc3)c2c1. The number of nitrogen functional groups attached to an aromatic ring is 1. The highest BCUT2D eigenvalue weighted by Crippen LogP contribution is 2.31. The molecule has 134 valence electrons. The Morgan fingerprint density at radius 1 is 1.14 bits per heavy atom. The van der Waals surface area contributed by atoms with Gasteiger partial charge in [0, 0.05) is 36.2 Å². The lowest BCUT2D eigenvalue weighted by Crippen LogP contribution is -2.16. The summed E-state index contributed by atoms with van der Waals surface area (Å²) in [5.41, 5.74) is 7.96. The smallest absolute Gasteiger partial charge is 0.268 e. The maximum atomic E-state index is 12.2. The van der Waals surface area contributed by atoms with E-state index in [0.29, 0.717) is 12.1 Å². The number of nitriles is 2. The number of anilines is 1. The van der Waals surface area contributed by atoms with E-state index in [1.807, 2.05) is 53.2 Å². The molecule has 0 amide bonds. The zero-order valence-corrected chi connectivity index (χ0v) is 14.7. The predicted molar refractivity (Wildman–Crippen MR) is 105 cm³/mol. The van der Waals surface area contributed by atoms with Gasteiger partial charge in [0.25, 0.3) is 5.56 Å². The first kappa shape index (κ1) is 17.1. The first-order valence-corrected chi connectivity index (χ1v) is 8.46. The standard InChI is InChI=1S/C21H14N6O/c22-9-16-19(17(10-23)21(28)26-20(16)24)15-4-3-14-5-7-27(18(14)8-15)12-13-2-1-6-25-11-13/h1-8,11H,12H2,(H3,24,26,28). The molecule has 0 aliphatic rings. The second-order valence-electron chi connectivity index (χ2n) is 6.29. The Hall–Kier alpha value is -4.36. The number of aromatic amines is 1. The molecular weight excluding hydrogens is 352 g/mol. The summed E-state index contributed by atoms with van der Waals surface area (Å²) in [6.07, 6.45) is 5.48. The Morgan fingerprint density at radius 2 is 1.96 bits per heavy atom. The molecule has 7 heteroatoms. The third kappa shape index (κ3) is 2.77. The lowest BCUT2D eigenvalue weighted by molar-refractivity contribution is 0.832. The molecule has 0 aliphatic carbocycles. The number of nitrogens with zero attached hydrogens (tertiary/aromatic N) is 4. The fourth-order valence-corrected chi connectivity index (χ4v) is 3.30. The van der Waals surface area contributed by atoms with E-state index in [9.17, 15) is 15.3 Å². The Bertz CT molecular complexity index is 1340. The number of nitrogens with two attached hydrogens (primary N) is 1. The Kier molecular flexibility index (Phi) is 4.11. The van der Waals surface area contributed by atoms with Crippen LogP contribution in [0.15, 0.2) is 59.8 Å². The second kappa shape index (κ2) is 6.75. The number of benzene rings is 1. The van der Waals surface area contributed by atoms with Gasteiger partial charge in [0.2, 0.25) is 0 Å². The second-order valence-corrected chi connectivity index (χ2v) is 6.29. The van der Waals surface area contributed by atoms with Crippen molar-refractivity contribution in [2.45, 2.75) is 6.54 Å². The van der Waals surface area contributed by atoms with Crippen LogP contribution in [0.3, 0.4) is 0 Å². The van der Waals surface area contributed by atoms with Gasteiger partial charge in [-0.25, -0.2) is 0 Å². The van der Waals surface area contributed by atoms with Crippen LogP contribution >= 0.6 is 0 Å². The van der Waals surface area contributed by atoms with E-state index >= 15 is 0 Å². The average molecular weight is 366 g/mol. The molecule has 0 unspecified atom stereocenters. The first-order valence-electron chi connectivity index (χ1n) is 8.46. The zero-order chi connectivity index (χ0) is 19.7.